The van der Waals surface area contributed by atoms with Crippen molar-refractivity contribution in [2.24, 2.45) is 0 Å². The standard InChI is InChI=1S/C24H28ClNO2S/c1-2-3-4-5-7-18-9-11-19(12-10-18)22-16-20(25)17-26(22)15-6-8-21-13-14-23(29-21)24(27)28/h9-14,16-17H,2-8,15H2,1H3,(H,27,28). The third kappa shape index (κ3) is 6.22. The van der Waals surface area contributed by atoms with Gasteiger partial charge in [0.15, 0.2) is 0 Å². The van der Waals surface area contributed by atoms with Crippen LogP contribution in [0.5, 0.6) is 0 Å². The molecule has 3 rings (SSSR count). The van der Waals surface area contributed by atoms with Gasteiger partial charge >= 0.3 is 5.97 Å². The van der Waals surface area contributed by atoms with Gasteiger partial charge in [0.05, 0.1) is 5.02 Å². The van der Waals surface area contributed by atoms with Gasteiger partial charge in [0.2, 0.25) is 0 Å². The Morgan fingerprint density at radius 3 is 2.52 bits per heavy atom. The van der Waals surface area contributed by atoms with Crippen LogP contribution in [0, 0.1) is 0 Å². The zero-order chi connectivity index (χ0) is 20.6. The average molecular weight is 430 g/mol. The number of hydrogen-bond acceptors (Lipinski definition) is 2. The lowest BCUT2D eigenvalue weighted by Crippen LogP contribution is -2.00. The number of rotatable bonds is 11. The first-order valence-corrected chi connectivity index (χ1v) is 11.5. The van der Waals surface area contributed by atoms with Crippen molar-refractivity contribution in [2.45, 2.75) is 58.4 Å². The van der Waals surface area contributed by atoms with E-state index in [0.29, 0.717) is 4.88 Å². The molecule has 0 saturated heterocycles. The lowest BCUT2D eigenvalue weighted by Gasteiger charge is -2.10. The highest BCUT2D eigenvalue weighted by Gasteiger charge is 2.10. The highest BCUT2D eigenvalue weighted by Crippen LogP contribution is 2.27. The van der Waals surface area contributed by atoms with Gasteiger partial charge in [0, 0.05) is 23.3 Å². The largest absolute Gasteiger partial charge is 0.477 e. The smallest absolute Gasteiger partial charge is 0.345 e. The number of aryl methyl sites for hydroxylation is 3. The van der Waals surface area contributed by atoms with Crippen molar-refractivity contribution < 1.29 is 9.90 Å². The molecule has 0 aliphatic heterocycles. The number of benzene rings is 1. The molecule has 0 fully saturated rings. The molecule has 1 N–H and O–H groups in total. The van der Waals surface area contributed by atoms with Crippen LogP contribution in [0.2, 0.25) is 5.02 Å². The van der Waals surface area contributed by atoms with Crippen molar-refractivity contribution in [2.75, 3.05) is 0 Å². The fourth-order valence-corrected chi connectivity index (χ4v) is 4.66. The summed E-state index contributed by atoms with van der Waals surface area (Å²) in [6.07, 6.45) is 10.1. The molecule has 29 heavy (non-hydrogen) atoms. The zero-order valence-corrected chi connectivity index (χ0v) is 18.4. The second kappa shape index (κ2) is 10.7. The summed E-state index contributed by atoms with van der Waals surface area (Å²) in [5, 5.41) is 9.79. The molecule has 0 saturated carbocycles. The number of nitrogens with zero attached hydrogens (tertiary/aromatic N) is 1. The fourth-order valence-electron chi connectivity index (χ4n) is 3.55. The minimum atomic E-state index is -0.852. The summed E-state index contributed by atoms with van der Waals surface area (Å²) in [6, 6.07) is 14.5. The van der Waals surface area contributed by atoms with Crippen molar-refractivity contribution >= 4 is 28.9 Å². The van der Waals surface area contributed by atoms with Crippen LogP contribution >= 0.6 is 22.9 Å². The Hall–Kier alpha value is -2.04. The predicted molar refractivity (Wildman–Crippen MR) is 122 cm³/mol. The van der Waals surface area contributed by atoms with E-state index in [1.54, 1.807) is 6.07 Å². The summed E-state index contributed by atoms with van der Waals surface area (Å²) in [4.78, 5) is 12.5. The highest BCUT2D eigenvalue weighted by atomic mass is 35.5. The fraction of sp³-hybridized carbons (Fsp3) is 0.375. The Kier molecular flexibility index (Phi) is 7.96. The van der Waals surface area contributed by atoms with Crippen LogP contribution in [0.1, 0.15) is 59.1 Å². The maximum absolute atomic E-state index is 11.0. The van der Waals surface area contributed by atoms with Gasteiger partial charge in [0.1, 0.15) is 4.88 Å². The summed E-state index contributed by atoms with van der Waals surface area (Å²) < 4.78 is 2.20. The number of carboxylic acids is 1. The molecule has 3 nitrogen and oxygen atoms in total. The van der Waals surface area contributed by atoms with Crippen LogP contribution in [0.3, 0.4) is 0 Å². The van der Waals surface area contributed by atoms with Gasteiger partial charge in [-0.25, -0.2) is 4.79 Å². The normalized spacial score (nSPS) is 11.1. The van der Waals surface area contributed by atoms with E-state index in [1.807, 2.05) is 18.3 Å². The first-order chi connectivity index (χ1) is 14.1. The van der Waals surface area contributed by atoms with E-state index >= 15 is 0 Å². The van der Waals surface area contributed by atoms with Crippen LogP contribution in [0.25, 0.3) is 11.3 Å². The van der Waals surface area contributed by atoms with Gasteiger partial charge in [-0.05, 0) is 55.0 Å². The molecular weight excluding hydrogens is 402 g/mol. The van der Waals surface area contributed by atoms with Crippen LogP contribution < -0.4 is 0 Å². The van der Waals surface area contributed by atoms with Crippen molar-refractivity contribution in [1.82, 2.24) is 4.57 Å². The topological polar surface area (TPSA) is 42.2 Å². The molecule has 0 spiro atoms. The number of carboxylic acid groups (broad SMARTS) is 1. The molecule has 1 aromatic carbocycles. The summed E-state index contributed by atoms with van der Waals surface area (Å²) >= 11 is 7.65. The molecule has 0 aliphatic carbocycles. The van der Waals surface area contributed by atoms with Gasteiger partial charge < -0.3 is 9.67 Å². The van der Waals surface area contributed by atoms with E-state index in [0.717, 1.165) is 41.4 Å². The van der Waals surface area contributed by atoms with Gasteiger partial charge in [-0.2, -0.15) is 0 Å². The Morgan fingerprint density at radius 1 is 1.03 bits per heavy atom. The SMILES string of the molecule is CCCCCCc1ccc(-c2cc(Cl)cn2CCCc2ccc(C(=O)O)s2)cc1. The van der Waals surface area contributed by atoms with Crippen LogP contribution in [0.4, 0.5) is 0 Å². The molecule has 0 aliphatic rings. The van der Waals surface area contributed by atoms with Crippen molar-refractivity contribution in [3.63, 3.8) is 0 Å². The maximum Gasteiger partial charge on any atom is 0.345 e. The third-order valence-electron chi connectivity index (χ3n) is 5.13. The van der Waals surface area contributed by atoms with E-state index < -0.39 is 5.97 Å². The quantitative estimate of drug-likeness (QED) is 0.324. The van der Waals surface area contributed by atoms with Crippen molar-refractivity contribution in [1.29, 1.82) is 0 Å². The Labute approximate surface area is 182 Å². The lowest BCUT2D eigenvalue weighted by atomic mass is 10.0. The second-order valence-corrected chi connectivity index (χ2v) is 9.02. The van der Waals surface area contributed by atoms with Crippen molar-refractivity contribution in [3.8, 4) is 11.3 Å². The van der Waals surface area contributed by atoms with Gasteiger partial charge in [-0.1, -0.05) is 62.1 Å². The molecule has 0 atom stereocenters. The molecule has 0 radical (unpaired) electrons. The van der Waals surface area contributed by atoms with Gasteiger partial charge in [0.25, 0.3) is 0 Å². The number of aromatic carboxylic acids is 1. The maximum atomic E-state index is 11.0. The van der Waals surface area contributed by atoms with Crippen LogP contribution in [0.15, 0.2) is 48.7 Å². The number of hydrogen-bond donors (Lipinski definition) is 1. The number of aromatic nitrogens is 1. The van der Waals surface area contributed by atoms with E-state index in [9.17, 15) is 4.79 Å². The highest BCUT2D eigenvalue weighted by molar-refractivity contribution is 7.13. The minimum Gasteiger partial charge on any atom is -0.477 e. The van der Waals surface area contributed by atoms with Crippen LogP contribution in [-0.4, -0.2) is 15.6 Å². The minimum absolute atomic E-state index is 0.402. The average Bonchev–Trinajstić information content (AvgIpc) is 3.33. The van der Waals surface area contributed by atoms with E-state index in [4.69, 9.17) is 16.7 Å². The molecule has 0 unspecified atom stereocenters. The molecule has 0 bridgehead atoms. The molecule has 3 aromatic rings. The predicted octanol–water partition coefficient (Wildman–Crippen LogP) is 7.32. The van der Waals surface area contributed by atoms with Gasteiger partial charge in [-0.15, -0.1) is 11.3 Å². The molecular formula is C24H28ClNO2S. The molecule has 5 heteroatoms. The molecule has 2 heterocycles. The first kappa shape index (κ1) is 21.7. The number of thiophene rings is 1. The summed E-state index contributed by atoms with van der Waals surface area (Å²) in [6.45, 7) is 3.09. The monoisotopic (exact) mass is 429 g/mol. The van der Waals surface area contributed by atoms with Crippen molar-refractivity contribution in [3.05, 3.63) is 69.0 Å². The van der Waals surface area contributed by atoms with E-state index in [1.165, 1.54) is 48.1 Å². The number of halogens is 1. The molecule has 2 aromatic heterocycles. The van der Waals surface area contributed by atoms with E-state index in [-0.39, 0.29) is 0 Å². The summed E-state index contributed by atoms with van der Waals surface area (Å²) in [5.74, 6) is -0.852. The lowest BCUT2D eigenvalue weighted by molar-refractivity contribution is 0.0702. The Balaban J connectivity index is 1.60. The Morgan fingerprint density at radius 2 is 1.83 bits per heavy atom. The zero-order valence-electron chi connectivity index (χ0n) is 16.9. The van der Waals surface area contributed by atoms with E-state index in [2.05, 4.69) is 35.8 Å². The first-order valence-electron chi connectivity index (χ1n) is 10.3. The summed E-state index contributed by atoms with van der Waals surface area (Å²) in [5.41, 5.74) is 3.70. The third-order valence-corrected chi connectivity index (χ3v) is 6.47. The van der Waals surface area contributed by atoms with Crippen LogP contribution in [-0.2, 0) is 19.4 Å². The van der Waals surface area contributed by atoms with Gasteiger partial charge in [-0.3, -0.25) is 0 Å². The number of carbonyl (C=O) groups is 1. The number of unbranched alkanes of at least 4 members (excludes halogenated alkanes) is 3. The molecule has 0 amide bonds. The second-order valence-electron chi connectivity index (χ2n) is 7.42. The molecule has 154 valence electrons. The Bertz CT molecular complexity index is 927. The summed E-state index contributed by atoms with van der Waals surface area (Å²) in [7, 11) is 0.